The number of benzene rings is 3. The van der Waals surface area contributed by atoms with Gasteiger partial charge >= 0.3 is 6.03 Å². The van der Waals surface area contributed by atoms with Crippen LogP contribution in [0.2, 0.25) is 0 Å². The molecule has 0 atom stereocenters. The molecule has 2 amide bonds. The van der Waals surface area contributed by atoms with Crippen LogP contribution in [0.5, 0.6) is 0 Å². The zero-order valence-electron chi connectivity index (χ0n) is 14.9. The van der Waals surface area contributed by atoms with Crippen molar-refractivity contribution in [2.45, 2.75) is 13.1 Å². The van der Waals surface area contributed by atoms with E-state index in [0.29, 0.717) is 13.1 Å². The lowest BCUT2D eigenvalue weighted by atomic mass is 10.2. The highest BCUT2D eigenvalue weighted by Gasteiger charge is 2.13. The number of nitrogens with zero attached hydrogens (tertiary/aromatic N) is 1. The molecule has 0 aliphatic carbocycles. The zero-order chi connectivity index (χ0) is 18.9. The molecule has 0 fully saturated rings. The SMILES string of the molecule is O=C(N/C=C/c1ccccc1Br)N(Cc1ccccc1)Cc1ccccc1. The second kappa shape index (κ2) is 9.74. The van der Waals surface area contributed by atoms with Gasteiger partial charge in [-0.2, -0.15) is 0 Å². The Hall–Kier alpha value is -2.85. The molecule has 27 heavy (non-hydrogen) atoms. The summed E-state index contributed by atoms with van der Waals surface area (Å²) in [6.45, 7) is 1.09. The van der Waals surface area contributed by atoms with Crippen LogP contribution in [0.15, 0.2) is 95.6 Å². The molecular formula is C23H21BrN2O. The number of amides is 2. The number of hydrogen-bond donors (Lipinski definition) is 1. The van der Waals surface area contributed by atoms with E-state index in [4.69, 9.17) is 0 Å². The minimum Gasteiger partial charge on any atom is -0.316 e. The average Bonchev–Trinajstić information content (AvgIpc) is 2.70. The first-order valence-electron chi connectivity index (χ1n) is 8.77. The van der Waals surface area contributed by atoms with Crippen LogP contribution in [0.1, 0.15) is 16.7 Å². The van der Waals surface area contributed by atoms with Crippen LogP contribution in [-0.2, 0) is 13.1 Å². The second-order valence-electron chi connectivity index (χ2n) is 6.13. The fourth-order valence-corrected chi connectivity index (χ4v) is 3.13. The van der Waals surface area contributed by atoms with Crippen molar-refractivity contribution in [2.75, 3.05) is 0 Å². The molecule has 3 aromatic rings. The Bertz CT molecular complexity index is 853. The monoisotopic (exact) mass is 420 g/mol. The van der Waals surface area contributed by atoms with Gasteiger partial charge in [0, 0.05) is 23.8 Å². The summed E-state index contributed by atoms with van der Waals surface area (Å²) in [5.41, 5.74) is 3.20. The van der Waals surface area contributed by atoms with E-state index in [1.54, 1.807) is 11.1 Å². The first-order valence-corrected chi connectivity index (χ1v) is 9.56. The Morgan fingerprint density at radius 1 is 0.815 bits per heavy atom. The van der Waals surface area contributed by atoms with Gasteiger partial charge in [0.15, 0.2) is 0 Å². The first-order chi connectivity index (χ1) is 13.2. The topological polar surface area (TPSA) is 32.3 Å². The Morgan fingerprint density at radius 3 is 1.89 bits per heavy atom. The van der Waals surface area contributed by atoms with Gasteiger partial charge in [0.1, 0.15) is 0 Å². The van der Waals surface area contributed by atoms with E-state index in [1.165, 1.54) is 0 Å². The fourth-order valence-electron chi connectivity index (χ4n) is 2.71. The molecule has 0 saturated heterocycles. The third-order valence-electron chi connectivity index (χ3n) is 4.09. The summed E-state index contributed by atoms with van der Waals surface area (Å²) in [4.78, 5) is 14.6. The summed E-state index contributed by atoms with van der Waals surface area (Å²) in [6, 6.07) is 27.8. The Balaban J connectivity index is 1.70. The lowest BCUT2D eigenvalue weighted by molar-refractivity contribution is 0.196. The van der Waals surface area contributed by atoms with E-state index in [1.807, 2.05) is 91.0 Å². The minimum atomic E-state index is -0.133. The summed E-state index contributed by atoms with van der Waals surface area (Å²) in [6.07, 6.45) is 3.57. The molecule has 3 aromatic carbocycles. The largest absolute Gasteiger partial charge is 0.321 e. The predicted molar refractivity (Wildman–Crippen MR) is 114 cm³/mol. The van der Waals surface area contributed by atoms with E-state index in [9.17, 15) is 4.79 Å². The first kappa shape index (κ1) is 18.9. The van der Waals surface area contributed by atoms with Crippen LogP contribution in [0.3, 0.4) is 0 Å². The van der Waals surface area contributed by atoms with Crippen molar-refractivity contribution in [1.82, 2.24) is 10.2 Å². The molecule has 0 bridgehead atoms. The lowest BCUT2D eigenvalue weighted by Crippen LogP contribution is -2.36. The summed E-state index contributed by atoms with van der Waals surface area (Å²) < 4.78 is 0.987. The van der Waals surface area contributed by atoms with Crippen molar-refractivity contribution >= 4 is 28.0 Å². The van der Waals surface area contributed by atoms with Gasteiger partial charge in [0.25, 0.3) is 0 Å². The molecule has 3 nitrogen and oxygen atoms in total. The van der Waals surface area contributed by atoms with Crippen LogP contribution in [0.25, 0.3) is 6.08 Å². The van der Waals surface area contributed by atoms with E-state index in [2.05, 4.69) is 21.2 Å². The van der Waals surface area contributed by atoms with Gasteiger partial charge in [-0.25, -0.2) is 4.79 Å². The van der Waals surface area contributed by atoms with Crippen LogP contribution in [-0.4, -0.2) is 10.9 Å². The number of urea groups is 1. The quantitative estimate of drug-likeness (QED) is 0.534. The molecule has 0 aromatic heterocycles. The molecule has 0 spiro atoms. The molecule has 0 radical (unpaired) electrons. The number of carbonyl (C=O) groups excluding carboxylic acids is 1. The second-order valence-corrected chi connectivity index (χ2v) is 6.99. The van der Waals surface area contributed by atoms with Crippen LogP contribution in [0, 0.1) is 0 Å². The van der Waals surface area contributed by atoms with Crippen molar-refractivity contribution in [3.05, 3.63) is 112 Å². The normalized spacial score (nSPS) is 10.7. The Kier molecular flexibility index (Phi) is 6.83. The summed E-state index contributed by atoms with van der Waals surface area (Å²) in [7, 11) is 0. The average molecular weight is 421 g/mol. The molecular weight excluding hydrogens is 400 g/mol. The molecule has 1 N–H and O–H groups in total. The number of rotatable bonds is 6. The number of halogens is 1. The smallest absolute Gasteiger partial charge is 0.316 e. The minimum absolute atomic E-state index is 0.133. The van der Waals surface area contributed by atoms with Gasteiger partial charge in [-0.3, -0.25) is 0 Å². The Morgan fingerprint density at radius 2 is 1.33 bits per heavy atom. The van der Waals surface area contributed by atoms with Gasteiger partial charge < -0.3 is 10.2 Å². The molecule has 0 aliphatic heterocycles. The van der Waals surface area contributed by atoms with Crippen molar-refractivity contribution in [3.63, 3.8) is 0 Å². The van der Waals surface area contributed by atoms with Crippen molar-refractivity contribution in [1.29, 1.82) is 0 Å². The molecule has 136 valence electrons. The Labute approximate surface area is 168 Å². The summed E-state index contributed by atoms with van der Waals surface area (Å²) in [5.74, 6) is 0. The molecule has 0 unspecified atom stereocenters. The highest BCUT2D eigenvalue weighted by atomic mass is 79.9. The van der Waals surface area contributed by atoms with Gasteiger partial charge in [-0.05, 0) is 28.8 Å². The molecule has 0 heterocycles. The fraction of sp³-hybridized carbons (Fsp3) is 0.0870. The summed E-state index contributed by atoms with van der Waals surface area (Å²) in [5, 5.41) is 2.88. The van der Waals surface area contributed by atoms with Crippen LogP contribution < -0.4 is 5.32 Å². The maximum atomic E-state index is 12.8. The maximum absolute atomic E-state index is 12.8. The van der Waals surface area contributed by atoms with Crippen LogP contribution in [0.4, 0.5) is 4.79 Å². The van der Waals surface area contributed by atoms with Gasteiger partial charge in [0.05, 0.1) is 0 Å². The predicted octanol–water partition coefficient (Wildman–Crippen LogP) is 5.83. The van der Waals surface area contributed by atoms with Gasteiger partial charge in [-0.15, -0.1) is 0 Å². The van der Waals surface area contributed by atoms with Crippen molar-refractivity contribution in [3.8, 4) is 0 Å². The van der Waals surface area contributed by atoms with E-state index < -0.39 is 0 Å². The molecule has 0 saturated carbocycles. The number of nitrogens with one attached hydrogen (secondary N) is 1. The number of hydrogen-bond acceptors (Lipinski definition) is 1. The van der Waals surface area contributed by atoms with Gasteiger partial charge in [0.2, 0.25) is 0 Å². The van der Waals surface area contributed by atoms with Crippen LogP contribution >= 0.6 is 15.9 Å². The zero-order valence-corrected chi connectivity index (χ0v) is 16.5. The van der Waals surface area contributed by atoms with Crippen molar-refractivity contribution in [2.24, 2.45) is 0 Å². The van der Waals surface area contributed by atoms with Gasteiger partial charge in [-0.1, -0.05) is 94.8 Å². The van der Waals surface area contributed by atoms with E-state index >= 15 is 0 Å². The third kappa shape index (κ3) is 5.83. The maximum Gasteiger partial charge on any atom is 0.321 e. The molecule has 4 heteroatoms. The van der Waals surface area contributed by atoms with E-state index in [0.717, 1.165) is 21.2 Å². The van der Waals surface area contributed by atoms with E-state index in [-0.39, 0.29) is 6.03 Å². The molecule has 0 aliphatic rings. The lowest BCUT2D eigenvalue weighted by Gasteiger charge is -2.22. The summed E-state index contributed by atoms with van der Waals surface area (Å²) >= 11 is 3.51. The number of carbonyl (C=O) groups is 1. The third-order valence-corrected chi connectivity index (χ3v) is 4.82. The highest BCUT2D eigenvalue weighted by molar-refractivity contribution is 9.10. The standard InChI is InChI=1S/C23H21BrN2O/c24-22-14-8-7-13-21(22)15-16-25-23(27)26(17-19-9-3-1-4-10-19)18-20-11-5-2-6-12-20/h1-16H,17-18H2,(H,25,27)/b16-15+. The highest BCUT2D eigenvalue weighted by Crippen LogP contribution is 2.17. The van der Waals surface area contributed by atoms with Crippen molar-refractivity contribution < 1.29 is 4.79 Å². The molecule has 3 rings (SSSR count).